The normalized spacial score (nSPS) is 16.6. The van der Waals surface area contributed by atoms with Crippen molar-refractivity contribution in [1.82, 2.24) is 15.0 Å². The Bertz CT molecular complexity index is 924. The van der Waals surface area contributed by atoms with Gasteiger partial charge in [0, 0.05) is 36.1 Å². The van der Waals surface area contributed by atoms with Crippen molar-refractivity contribution >= 4 is 23.1 Å². The first-order valence-corrected chi connectivity index (χ1v) is 10.8. The molecule has 1 unspecified atom stereocenters. The molecular weight excluding hydrogens is 388 g/mol. The fourth-order valence-corrected chi connectivity index (χ4v) is 4.15. The van der Waals surface area contributed by atoms with Gasteiger partial charge in [-0.2, -0.15) is 16.3 Å². The molecular formula is C21H24N4O3S. The molecule has 7 nitrogen and oxygen atoms in total. The van der Waals surface area contributed by atoms with Crippen LogP contribution < -0.4 is 10.1 Å². The fourth-order valence-electron chi connectivity index (χ4n) is 3.51. The molecule has 1 aromatic carbocycles. The largest absolute Gasteiger partial charge is 0.494 e. The molecule has 1 aliphatic heterocycles. The molecule has 1 atom stereocenters. The van der Waals surface area contributed by atoms with Crippen molar-refractivity contribution in [3.05, 3.63) is 47.0 Å². The highest BCUT2D eigenvalue weighted by Crippen LogP contribution is 2.24. The van der Waals surface area contributed by atoms with E-state index < -0.39 is 0 Å². The summed E-state index contributed by atoms with van der Waals surface area (Å²) >= 11 is 1.61. The Kier molecular flexibility index (Phi) is 6.09. The number of nitrogens with zero attached hydrogens (tertiary/aromatic N) is 3. The van der Waals surface area contributed by atoms with E-state index in [2.05, 4.69) is 15.5 Å². The first-order valence-electron chi connectivity index (χ1n) is 9.85. The molecule has 1 saturated heterocycles. The van der Waals surface area contributed by atoms with Gasteiger partial charge in [-0.25, -0.2) is 4.79 Å². The molecule has 4 rings (SSSR count). The number of aromatic nitrogens is 2. The molecule has 0 bridgehead atoms. The van der Waals surface area contributed by atoms with Crippen LogP contribution in [0.2, 0.25) is 0 Å². The molecule has 1 N–H and O–H groups in total. The molecule has 0 aliphatic carbocycles. The number of anilines is 1. The van der Waals surface area contributed by atoms with Gasteiger partial charge in [-0.05, 0) is 61.4 Å². The lowest BCUT2D eigenvalue weighted by Crippen LogP contribution is -2.42. The standard InChI is InChI=1S/C21H24N4O3S/c1-2-27-18-7-5-17(6-8-18)22-21(26)25-10-3-4-15(13-25)12-19-23-20(24-28-19)16-9-11-29-14-16/h5-9,11,14-15H,2-4,10,12-13H2,1H3,(H,22,26). The molecule has 1 fully saturated rings. The van der Waals surface area contributed by atoms with Crippen molar-refractivity contribution in [1.29, 1.82) is 0 Å². The number of rotatable bonds is 6. The summed E-state index contributed by atoms with van der Waals surface area (Å²) in [5.74, 6) is 2.36. The summed E-state index contributed by atoms with van der Waals surface area (Å²) in [5.41, 5.74) is 1.74. The Morgan fingerprint density at radius 3 is 2.97 bits per heavy atom. The van der Waals surface area contributed by atoms with E-state index in [1.54, 1.807) is 11.3 Å². The minimum atomic E-state index is -0.0802. The monoisotopic (exact) mass is 412 g/mol. The van der Waals surface area contributed by atoms with Gasteiger partial charge >= 0.3 is 6.03 Å². The lowest BCUT2D eigenvalue weighted by molar-refractivity contribution is 0.173. The lowest BCUT2D eigenvalue weighted by atomic mass is 9.95. The predicted molar refractivity (Wildman–Crippen MR) is 112 cm³/mol. The number of urea groups is 1. The maximum Gasteiger partial charge on any atom is 0.321 e. The van der Waals surface area contributed by atoms with Crippen LogP contribution in [0, 0.1) is 5.92 Å². The summed E-state index contributed by atoms with van der Waals surface area (Å²) in [4.78, 5) is 19.0. The minimum Gasteiger partial charge on any atom is -0.494 e. The second kappa shape index (κ2) is 9.09. The van der Waals surface area contributed by atoms with Crippen LogP contribution in [0.15, 0.2) is 45.6 Å². The molecule has 3 heterocycles. The maximum absolute atomic E-state index is 12.7. The van der Waals surface area contributed by atoms with Crippen molar-refractivity contribution in [3.8, 4) is 17.1 Å². The van der Waals surface area contributed by atoms with Crippen LogP contribution in [0.5, 0.6) is 5.75 Å². The van der Waals surface area contributed by atoms with Crippen LogP contribution in [0.25, 0.3) is 11.4 Å². The molecule has 0 saturated carbocycles. The summed E-state index contributed by atoms with van der Waals surface area (Å²) in [6.07, 6.45) is 2.69. The van der Waals surface area contributed by atoms with Crippen molar-refractivity contribution in [3.63, 3.8) is 0 Å². The first-order chi connectivity index (χ1) is 14.2. The third-order valence-corrected chi connectivity index (χ3v) is 5.62. The number of carbonyl (C=O) groups excluding carboxylic acids is 1. The van der Waals surface area contributed by atoms with Crippen LogP contribution in [0.4, 0.5) is 10.5 Å². The summed E-state index contributed by atoms with van der Waals surface area (Å²) in [7, 11) is 0. The van der Waals surface area contributed by atoms with Gasteiger partial charge in [-0.3, -0.25) is 0 Å². The quantitative estimate of drug-likeness (QED) is 0.636. The van der Waals surface area contributed by atoms with E-state index in [-0.39, 0.29) is 6.03 Å². The number of piperidine rings is 1. The molecule has 3 aromatic rings. The maximum atomic E-state index is 12.7. The fraction of sp³-hybridized carbons (Fsp3) is 0.381. The van der Waals surface area contributed by atoms with Crippen LogP contribution in [0.3, 0.4) is 0 Å². The Morgan fingerprint density at radius 2 is 2.21 bits per heavy atom. The van der Waals surface area contributed by atoms with E-state index in [0.29, 0.717) is 37.2 Å². The Labute approximate surface area is 173 Å². The van der Waals surface area contributed by atoms with E-state index in [0.717, 1.165) is 36.4 Å². The third kappa shape index (κ3) is 4.95. The predicted octanol–water partition coefficient (Wildman–Crippen LogP) is 4.68. The van der Waals surface area contributed by atoms with Gasteiger partial charge < -0.3 is 19.5 Å². The van der Waals surface area contributed by atoms with Crippen molar-refractivity contribution in [2.24, 2.45) is 5.92 Å². The van der Waals surface area contributed by atoms with E-state index in [4.69, 9.17) is 9.26 Å². The molecule has 152 valence electrons. The molecule has 2 aromatic heterocycles. The highest BCUT2D eigenvalue weighted by atomic mass is 32.1. The molecule has 0 spiro atoms. The number of benzene rings is 1. The molecule has 2 amide bonds. The lowest BCUT2D eigenvalue weighted by Gasteiger charge is -2.32. The number of hydrogen-bond donors (Lipinski definition) is 1. The molecule has 8 heteroatoms. The zero-order valence-electron chi connectivity index (χ0n) is 16.3. The Hall–Kier alpha value is -2.87. The van der Waals surface area contributed by atoms with Crippen molar-refractivity contribution in [2.75, 3.05) is 25.0 Å². The topological polar surface area (TPSA) is 80.5 Å². The summed E-state index contributed by atoms with van der Waals surface area (Å²) < 4.78 is 10.9. The van der Waals surface area contributed by atoms with Gasteiger partial charge in [0.05, 0.1) is 6.61 Å². The summed E-state index contributed by atoms with van der Waals surface area (Å²) in [5, 5.41) is 11.0. The van der Waals surface area contributed by atoms with Crippen LogP contribution in [-0.4, -0.2) is 40.8 Å². The van der Waals surface area contributed by atoms with Crippen LogP contribution in [0.1, 0.15) is 25.7 Å². The SMILES string of the molecule is CCOc1ccc(NC(=O)N2CCCC(Cc3nc(-c4ccsc4)no3)C2)cc1. The van der Waals surface area contributed by atoms with E-state index in [9.17, 15) is 4.79 Å². The van der Waals surface area contributed by atoms with Crippen LogP contribution in [-0.2, 0) is 6.42 Å². The van der Waals surface area contributed by atoms with Gasteiger partial charge in [-0.15, -0.1) is 0 Å². The number of thiophene rings is 1. The smallest absolute Gasteiger partial charge is 0.321 e. The number of hydrogen-bond acceptors (Lipinski definition) is 6. The average molecular weight is 413 g/mol. The van der Waals surface area contributed by atoms with Crippen molar-refractivity contribution in [2.45, 2.75) is 26.2 Å². The van der Waals surface area contributed by atoms with E-state index >= 15 is 0 Å². The third-order valence-electron chi connectivity index (χ3n) is 4.93. The average Bonchev–Trinajstić information content (AvgIpc) is 3.42. The van der Waals surface area contributed by atoms with E-state index in [1.807, 2.05) is 52.9 Å². The summed E-state index contributed by atoms with van der Waals surface area (Å²) in [6.45, 7) is 4.00. The van der Waals surface area contributed by atoms with Gasteiger partial charge in [0.25, 0.3) is 0 Å². The minimum absolute atomic E-state index is 0.0802. The molecule has 29 heavy (non-hydrogen) atoms. The zero-order valence-corrected chi connectivity index (χ0v) is 17.2. The Morgan fingerprint density at radius 1 is 1.34 bits per heavy atom. The summed E-state index contributed by atoms with van der Waals surface area (Å²) in [6, 6.07) is 9.33. The van der Waals surface area contributed by atoms with Gasteiger partial charge in [0.15, 0.2) is 0 Å². The highest BCUT2D eigenvalue weighted by Gasteiger charge is 2.25. The Balaban J connectivity index is 1.32. The molecule has 0 radical (unpaired) electrons. The van der Waals surface area contributed by atoms with Gasteiger partial charge in [0.1, 0.15) is 5.75 Å². The van der Waals surface area contributed by atoms with Crippen LogP contribution >= 0.6 is 11.3 Å². The second-order valence-corrected chi connectivity index (χ2v) is 7.85. The highest BCUT2D eigenvalue weighted by molar-refractivity contribution is 7.08. The van der Waals surface area contributed by atoms with Crippen molar-refractivity contribution < 1.29 is 14.1 Å². The number of nitrogens with one attached hydrogen (secondary N) is 1. The number of amides is 2. The first kappa shape index (κ1) is 19.4. The number of ether oxygens (including phenoxy) is 1. The van der Waals surface area contributed by atoms with Gasteiger partial charge in [0.2, 0.25) is 11.7 Å². The van der Waals surface area contributed by atoms with E-state index in [1.165, 1.54) is 0 Å². The number of likely N-dealkylation sites (tertiary alicyclic amines) is 1. The second-order valence-electron chi connectivity index (χ2n) is 7.07. The zero-order chi connectivity index (χ0) is 20.1. The van der Waals surface area contributed by atoms with Gasteiger partial charge in [-0.1, -0.05) is 5.16 Å². The number of carbonyl (C=O) groups is 1. The molecule has 1 aliphatic rings.